The van der Waals surface area contributed by atoms with Crippen molar-refractivity contribution in [3.63, 3.8) is 0 Å². The van der Waals surface area contributed by atoms with Crippen LogP contribution in [0.1, 0.15) is 56.3 Å². The van der Waals surface area contributed by atoms with Gasteiger partial charge in [0.05, 0.1) is 30.4 Å². The second kappa shape index (κ2) is 8.68. The van der Waals surface area contributed by atoms with Crippen molar-refractivity contribution >= 4 is 23.8 Å². The highest BCUT2D eigenvalue weighted by atomic mass is 16.5. The molecule has 6 rings (SSSR count). The first-order valence-corrected chi connectivity index (χ1v) is 12.5. The zero-order valence-corrected chi connectivity index (χ0v) is 20.4. The van der Waals surface area contributed by atoms with Crippen LogP contribution in [0, 0.1) is 23.2 Å². The SMILES string of the molecule is CNC(=O)C(C)(C)/C=C/n1ncc(C(=O)N[C@H]2C3CC4CC2C[C@@](O)(C4)C3)c1N1CCOCC1. The molecule has 9 heteroatoms. The van der Waals surface area contributed by atoms with Crippen LogP contribution in [-0.2, 0) is 9.53 Å². The summed E-state index contributed by atoms with van der Waals surface area (Å²) >= 11 is 0. The molecule has 4 bridgehead atoms. The molecule has 4 aliphatic carbocycles. The third-order valence-electron chi connectivity index (χ3n) is 8.31. The van der Waals surface area contributed by atoms with Gasteiger partial charge in [0.2, 0.25) is 5.91 Å². The maximum Gasteiger partial charge on any atom is 0.256 e. The minimum atomic E-state index is -0.716. The first kappa shape index (κ1) is 23.4. The van der Waals surface area contributed by atoms with Crippen LogP contribution >= 0.6 is 0 Å². The molecule has 1 aliphatic heterocycles. The van der Waals surface area contributed by atoms with E-state index in [0.29, 0.717) is 49.6 Å². The lowest BCUT2D eigenvalue weighted by Gasteiger charge is -2.58. The summed E-state index contributed by atoms with van der Waals surface area (Å²) in [4.78, 5) is 27.9. The van der Waals surface area contributed by atoms with Crippen molar-refractivity contribution < 1.29 is 19.4 Å². The first-order chi connectivity index (χ1) is 16.2. The van der Waals surface area contributed by atoms with Crippen LogP contribution in [0.15, 0.2) is 12.3 Å². The smallest absolute Gasteiger partial charge is 0.256 e. The third-order valence-corrected chi connectivity index (χ3v) is 8.31. The van der Waals surface area contributed by atoms with Gasteiger partial charge in [-0.2, -0.15) is 5.10 Å². The number of ether oxygens (including phenoxy) is 1. The van der Waals surface area contributed by atoms with Crippen molar-refractivity contribution in [3.05, 3.63) is 17.8 Å². The fourth-order valence-corrected chi connectivity index (χ4v) is 6.82. The van der Waals surface area contributed by atoms with Crippen molar-refractivity contribution in [2.45, 2.75) is 57.6 Å². The number of rotatable bonds is 6. The molecule has 2 heterocycles. The average Bonchev–Trinajstić information content (AvgIpc) is 3.23. The van der Waals surface area contributed by atoms with Gasteiger partial charge in [0.15, 0.2) is 0 Å². The second-order valence-electron chi connectivity index (χ2n) is 11.2. The summed E-state index contributed by atoms with van der Waals surface area (Å²) < 4.78 is 7.23. The van der Waals surface area contributed by atoms with Gasteiger partial charge in [-0.3, -0.25) is 9.59 Å². The Morgan fingerprint density at radius 3 is 2.50 bits per heavy atom. The van der Waals surface area contributed by atoms with E-state index in [-0.39, 0.29) is 17.9 Å². The fraction of sp³-hybridized carbons (Fsp3) is 0.720. The zero-order valence-electron chi connectivity index (χ0n) is 20.4. The molecule has 1 aromatic rings. The van der Waals surface area contributed by atoms with Gasteiger partial charge in [0.1, 0.15) is 11.4 Å². The number of aromatic nitrogens is 2. The molecule has 9 nitrogen and oxygen atoms in total. The molecule has 4 saturated carbocycles. The van der Waals surface area contributed by atoms with E-state index in [2.05, 4.69) is 20.6 Å². The summed E-state index contributed by atoms with van der Waals surface area (Å²) in [6.07, 6.45) is 9.90. The van der Waals surface area contributed by atoms with Crippen LogP contribution in [0.5, 0.6) is 0 Å². The Hall–Kier alpha value is -2.39. The highest BCUT2D eigenvalue weighted by molar-refractivity contribution is 5.99. The Morgan fingerprint density at radius 2 is 1.88 bits per heavy atom. The van der Waals surface area contributed by atoms with E-state index < -0.39 is 11.0 Å². The van der Waals surface area contributed by atoms with Crippen LogP contribution in [0.4, 0.5) is 5.82 Å². The van der Waals surface area contributed by atoms with Crippen molar-refractivity contribution in [1.29, 1.82) is 0 Å². The molecule has 5 aliphatic rings. The van der Waals surface area contributed by atoms with E-state index in [4.69, 9.17) is 4.74 Å². The maximum absolute atomic E-state index is 13.6. The Labute approximate surface area is 200 Å². The number of amides is 2. The lowest BCUT2D eigenvalue weighted by atomic mass is 9.52. The maximum atomic E-state index is 13.6. The van der Waals surface area contributed by atoms with E-state index in [1.54, 1.807) is 24.1 Å². The minimum Gasteiger partial charge on any atom is -0.390 e. The van der Waals surface area contributed by atoms with Crippen molar-refractivity contribution in [1.82, 2.24) is 20.4 Å². The summed E-state index contributed by atoms with van der Waals surface area (Å²) in [5, 5.41) is 21.4. The number of nitrogens with zero attached hydrogens (tertiary/aromatic N) is 3. The molecule has 1 aromatic heterocycles. The van der Waals surface area contributed by atoms with Crippen LogP contribution < -0.4 is 15.5 Å². The highest BCUT2D eigenvalue weighted by Crippen LogP contribution is 2.55. The number of anilines is 1. The van der Waals surface area contributed by atoms with Crippen LogP contribution in [0.2, 0.25) is 0 Å². The molecule has 2 amide bonds. The van der Waals surface area contributed by atoms with Gasteiger partial charge in [0.25, 0.3) is 5.91 Å². The third kappa shape index (κ3) is 4.24. The quantitative estimate of drug-likeness (QED) is 0.582. The van der Waals surface area contributed by atoms with Gasteiger partial charge >= 0.3 is 0 Å². The predicted octanol–water partition coefficient (Wildman–Crippen LogP) is 1.63. The normalized spacial score (nSPS) is 32.9. The number of nitrogens with one attached hydrogen (secondary N) is 2. The standard InChI is InChI=1S/C25H37N5O4/c1-24(2,23(32)26-3)4-5-30-22(29-6-8-34-9-7-29)19(15-27-30)21(31)28-20-17-10-16-11-18(20)14-25(33,12-16)13-17/h4-5,15-18,20,33H,6-14H2,1-3H3,(H,26,32)(H,28,31)/b5-4+/t16?,17?,18?,20-,25+. The minimum absolute atomic E-state index is 0.0923. The van der Waals surface area contributed by atoms with Gasteiger partial charge < -0.3 is 25.4 Å². The molecule has 34 heavy (non-hydrogen) atoms. The number of aliphatic hydroxyl groups is 1. The molecular weight excluding hydrogens is 434 g/mol. The fourth-order valence-electron chi connectivity index (χ4n) is 6.82. The topological polar surface area (TPSA) is 109 Å². The molecule has 2 unspecified atom stereocenters. The Morgan fingerprint density at radius 1 is 1.21 bits per heavy atom. The summed E-state index contributed by atoms with van der Waals surface area (Å²) in [5.74, 6) is 1.80. The van der Waals surface area contributed by atoms with E-state index in [1.165, 1.54) is 0 Å². The van der Waals surface area contributed by atoms with E-state index in [0.717, 1.165) is 37.9 Å². The monoisotopic (exact) mass is 471 g/mol. The Balaban J connectivity index is 1.40. The van der Waals surface area contributed by atoms with Gasteiger partial charge in [0, 0.05) is 32.4 Å². The molecular formula is C25H37N5O4. The predicted molar refractivity (Wildman–Crippen MR) is 128 cm³/mol. The highest BCUT2D eigenvalue weighted by Gasteiger charge is 2.55. The number of carbonyl (C=O) groups is 2. The van der Waals surface area contributed by atoms with Crippen molar-refractivity contribution in [3.8, 4) is 0 Å². The average molecular weight is 472 g/mol. The van der Waals surface area contributed by atoms with Crippen LogP contribution in [0.25, 0.3) is 6.20 Å². The molecule has 186 valence electrons. The lowest BCUT2D eigenvalue weighted by Crippen LogP contribution is -2.61. The Kier molecular flexibility index (Phi) is 5.96. The zero-order chi connectivity index (χ0) is 24.1. The van der Waals surface area contributed by atoms with E-state index >= 15 is 0 Å². The van der Waals surface area contributed by atoms with Crippen molar-refractivity contribution in [2.24, 2.45) is 23.2 Å². The first-order valence-electron chi connectivity index (χ1n) is 12.5. The summed E-state index contributed by atoms with van der Waals surface area (Å²) in [5.41, 5.74) is -0.701. The summed E-state index contributed by atoms with van der Waals surface area (Å²) in [6, 6.07) is 0.105. The van der Waals surface area contributed by atoms with Gasteiger partial charge in [-0.15, -0.1) is 0 Å². The molecule has 0 spiro atoms. The van der Waals surface area contributed by atoms with Crippen LogP contribution in [-0.4, -0.2) is 71.7 Å². The molecule has 0 radical (unpaired) electrons. The number of hydrogen-bond donors (Lipinski definition) is 3. The van der Waals surface area contributed by atoms with Crippen LogP contribution in [0.3, 0.4) is 0 Å². The van der Waals surface area contributed by atoms with Gasteiger partial charge in [-0.1, -0.05) is 6.08 Å². The molecule has 5 fully saturated rings. The Bertz CT molecular complexity index is 964. The molecule has 1 saturated heterocycles. The van der Waals surface area contributed by atoms with Crippen molar-refractivity contribution in [2.75, 3.05) is 38.3 Å². The summed E-state index contributed by atoms with van der Waals surface area (Å²) in [7, 11) is 1.62. The second-order valence-corrected chi connectivity index (χ2v) is 11.2. The molecule has 3 N–H and O–H groups in total. The van der Waals surface area contributed by atoms with E-state index in [1.807, 2.05) is 19.9 Å². The number of hydrogen-bond acceptors (Lipinski definition) is 6. The number of morpholine rings is 1. The van der Waals surface area contributed by atoms with Gasteiger partial charge in [-0.05, 0) is 63.7 Å². The molecule has 2 atom stereocenters. The summed E-state index contributed by atoms with van der Waals surface area (Å²) in [6.45, 7) is 6.20. The largest absolute Gasteiger partial charge is 0.390 e. The number of carbonyl (C=O) groups excluding carboxylic acids is 2. The lowest BCUT2D eigenvalue weighted by molar-refractivity contribution is -0.136. The van der Waals surface area contributed by atoms with E-state index in [9.17, 15) is 14.7 Å². The van der Waals surface area contributed by atoms with Gasteiger partial charge in [-0.25, -0.2) is 4.68 Å². The molecule has 0 aromatic carbocycles.